The van der Waals surface area contributed by atoms with Gasteiger partial charge < -0.3 is 18.8 Å². The van der Waals surface area contributed by atoms with E-state index in [-0.39, 0.29) is 23.5 Å². The number of hydrogen-bond donors (Lipinski definition) is 0. The molecule has 0 N–H and O–H groups in total. The Morgan fingerprint density at radius 2 is 2.04 bits per heavy atom. The van der Waals surface area contributed by atoms with E-state index in [0.717, 1.165) is 11.3 Å². The van der Waals surface area contributed by atoms with E-state index in [1.165, 1.54) is 17.7 Å². The Morgan fingerprint density at radius 1 is 1.25 bits per heavy atom. The van der Waals surface area contributed by atoms with Crippen molar-refractivity contribution in [1.82, 2.24) is 4.57 Å². The molecular formula is C19H15FN2O5S. The predicted molar refractivity (Wildman–Crippen MR) is 98.7 cm³/mol. The maximum absolute atomic E-state index is 14.3. The fraction of sp³-hybridized carbons (Fsp3) is 0.211. The molecule has 1 unspecified atom stereocenters. The van der Waals surface area contributed by atoms with Crippen molar-refractivity contribution in [3.8, 4) is 11.5 Å². The van der Waals surface area contributed by atoms with Crippen LogP contribution in [0.1, 0.15) is 0 Å². The van der Waals surface area contributed by atoms with Crippen molar-refractivity contribution in [2.75, 3.05) is 13.7 Å². The summed E-state index contributed by atoms with van der Waals surface area (Å²) in [5.74, 6) is -0.677. The lowest BCUT2D eigenvalue weighted by molar-refractivity contribution is -0.141. The lowest BCUT2D eigenvalue weighted by Crippen LogP contribution is -2.37. The predicted octanol–water partition coefficient (Wildman–Crippen LogP) is 2.28. The third-order valence-electron chi connectivity index (χ3n) is 4.16. The minimum absolute atomic E-state index is 0.00953. The van der Waals surface area contributed by atoms with Crippen LogP contribution in [0.4, 0.5) is 4.39 Å². The molecule has 2 aromatic carbocycles. The second-order valence-corrected chi connectivity index (χ2v) is 6.96. The molecule has 0 radical (unpaired) electrons. The number of fused-ring (bicyclic) bond motifs is 2. The monoisotopic (exact) mass is 402 g/mol. The molecule has 4 rings (SSSR count). The summed E-state index contributed by atoms with van der Waals surface area (Å²) in [6.45, 7) is -0.260. The SMILES string of the molecule is COC(=O)Cn1c(=NC(=O)C2COc3ccccc3O2)sc2cccc(F)c21. The lowest BCUT2D eigenvalue weighted by Gasteiger charge is -2.23. The fourth-order valence-corrected chi connectivity index (χ4v) is 3.87. The van der Waals surface area contributed by atoms with Gasteiger partial charge in [-0.3, -0.25) is 9.59 Å². The van der Waals surface area contributed by atoms with Crippen molar-refractivity contribution < 1.29 is 28.2 Å². The van der Waals surface area contributed by atoms with Crippen molar-refractivity contribution in [2.24, 2.45) is 4.99 Å². The van der Waals surface area contributed by atoms with Gasteiger partial charge in [-0.25, -0.2) is 4.39 Å². The van der Waals surface area contributed by atoms with Crippen molar-refractivity contribution in [1.29, 1.82) is 0 Å². The van der Waals surface area contributed by atoms with Crippen molar-refractivity contribution >= 4 is 33.4 Å². The van der Waals surface area contributed by atoms with Gasteiger partial charge in [0.15, 0.2) is 16.3 Å². The quantitative estimate of drug-likeness (QED) is 0.628. The normalized spacial score (nSPS) is 16.2. The average molecular weight is 402 g/mol. The molecule has 0 spiro atoms. The summed E-state index contributed by atoms with van der Waals surface area (Å²) < 4.78 is 32.1. The highest BCUT2D eigenvalue weighted by Crippen LogP contribution is 2.31. The van der Waals surface area contributed by atoms with E-state index in [2.05, 4.69) is 9.73 Å². The van der Waals surface area contributed by atoms with Crippen molar-refractivity contribution in [3.63, 3.8) is 0 Å². The van der Waals surface area contributed by atoms with E-state index in [0.29, 0.717) is 16.2 Å². The smallest absolute Gasteiger partial charge is 0.325 e. The van der Waals surface area contributed by atoms with E-state index in [4.69, 9.17) is 9.47 Å². The van der Waals surface area contributed by atoms with Gasteiger partial charge in [0.25, 0.3) is 5.91 Å². The van der Waals surface area contributed by atoms with E-state index in [1.807, 2.05) is 0 Å². The Hall–Kier alpha value is -3.20. The number of nitrogens with zero attached hydrogens (tertiary/aromatic N) is 2. The lowest BCUT2D eigenvalue weighted by atomic mass is 10.2. The number of aromatic nitrogens is 1. The van der Waals surface area contributed by atoms with Gasteiger partial charge in [-0.15, -0.1) is 0 Å². The molecule has 0 aliphatic carbocycles. The van der Waals surface area contributed by atoms with Crippen LogP contribution in [0, 0.1) is 5.82 Å². The molecule has 1 aliphatic heterocycles. The van der Waals surface area contributed by atoms with Crippen LogP contribution < -0.4 is 14.3 Å². The number of para-hydroxylation sites is 3. The van der Waals surface area contributed by atoms with Crippen LogP contribution in [-0.4, -0.2) is 36.3 Å². The third kappa shape index (κ3) is 3.36. The number of carbonyl (C=O) groups excluding carboxylic acids is 2. The van der Waals surface area contributed by atoms with Crippen LogP contribution in [-0.2, 0) is 20.9 Å². The molecule has 0 fully saturated rings. The topological polar surface area (TPSA) is 79.1 Å². The molecule has 9 heteroatoms. The molecule has 3 aromatic rings. The Bertz CT molecular complexity index is 1140. The Morgan fingerprint density at radius 3 is 2.82 bits per heavy atom. The highest BCUT2D eigenvalue weighted by Gasteiger charge is 2.27. The molecule has 1 amide bonds. The average Bonchev–Trinajstić information content (AvgIpc) is 3.05. The maximum Gasteiger partial charge on any atom is 0.325 e. The molecule has 28 heavy (non-hydrogen) atoms. The van der Waals surface area contributed by atoms with Crippen LogP contribution in [0.5, 0.6) is 11.5 Å². The van der Waals surface area contributed by atoms with E-state index in [1.54, 1.807) is 36.4 Å². The van der Waals surface area contributed by atoms with Gasteiger partial charge >= 0.3 is 5.97 Å². The Labute approximate surface area is 162 Å². The van der Waals surface area contributed by atoms with E-state index in [9.17, 15) is 14.0 Å². The van der Waals surface area contributed by atoms with Crippen LogP contribution in [0.25, 0.3) is 10.2 Å². The molecule has 7 nitrogen and oxygen atoms in total. The highest BCUT2D eigenvalue weighted by molar-refractivity contribution is 7.16. The maximum atomic E-state index is 14.3. The second kappa shape index (κ2) is 7.43. The number of thiazole rings is 1. The number of carbonyl (C=O) groups is 2. The summed E-state index contributed by atoms with van der Waals surface area (Å²) in [4.78, 5) is 28.7. The fourth-order valence-electron chi connectivity index (χ4n) is 2.82. The van der Waals surface area contributed by atoms with Gasteiger partial charge in [0.05, 0.1) is 17.3 Å². The minimum atomic E-state index is -0.934. The van der Waals surface area contributed by atoms with Gasteiger partial charge in [-0.05, 0) is 24.3 Å². The number of halogens is 1. The summed E-state index contributed by atoms with van der Waals surface area (Å²) in [6, 6.07) is 11.5. The first kappa shape index (κ1) is 18.2. The molecule has 1 aliphatic rings. The zero-order chi connectivity index (χ0) is 19.7. The zero-order valence-electron chi connectivity index (χ0n) is 14.8. The molecule has 0 saturated heterocycles. The molecule has 144 valence electrons. The molecule has 0 saturated carbocycles. The molecule has 1 aromatic heterocycles. The summed E-state index contributed by atoms with van der Waals surface area (Å²) in [7, 11) is 1.24. The molecule has 1 atom stereocenters. The number of esters is 1. The number of benzene rings is 2. The zero-order valence-corrected chi connectivity index (χ0v) is 15.6. The largest absolute Gasteiger partial charge is 0.485 e. The first-order valence-corrected chi connectivity index (χ1v) is 9.20. The Balaban J connectivity index is 1.73. The van der Waals surface area contributed by atoms with Crippen LogP contribution >= 0.6 is 11.3 Å². The van der Waals surface area contributed by atoms with E-state index >= 15 is 0 Å². The number of amides is 1. The van der Waals surface area contributed by atoms with Crippen LogP contribution in [0.2, 0.25) is 0 Å². The van der Waals surface area contributed by atoms with Gasteiger partial charge in [-0.1, -0.05) is 29.5 Å². The summed E-state index contributed by atoms with van der Waals surface area (Å²) in [6.07, 6.45) is -0.934. The third-order valence-corrected chi connectivity index (χ3v) is 5.20. The van der Waals surface area contributed by atoms with Gasteiger partial charge in [0.2, 0.25) is 6.10 Å². The van der Waals surface area contributed by atoms with Crippen LogP contribution in [0.3, 0.4) is 0 Å². The summed E-state index contributed by atoms with van der Waals surface area (Å²) in [5, 5.41) is 0. The summed E-state index contributed by atoms with van der Waals surface area (Å²) in [5.41, 5.74) is 0.190. The first-order valence-electron chi connectivity index (χ1n) is 8.38. The van der Waals surface area contributed by atoms with Crippen LogP contribution in [0.15, 0.2) is 47.5 Å². The number of ether oxygens (including phenoxy) is 3. The molecule has 2 heterocycles. The second-order valence-electron chi connectivity index (χ2n) is 5.95. The van der Waals surface area contributed by atoms with Crippen molar-refractivity contribution in [2.45, 2.75) is 12.6 Å². The number of rotatable bonds is 3. The first-order chi connectivity index (χ1) is 13.6. The number of hydrogen-bond acceptors (Lipinski definition) is 6. The highest BCUT2D eigenvalue weighted by atomic mass is 32.1. The van der Waals surface area contributed by atoms with Gasteiger partial charge in [0.1, 0.15) is 19.0 Å². The minimum Gasteiger partial charge on any atom is -0.485 e. The summed E-state index contributed by atoms with van der Waals surface area (Å²) >= 11 is 1.10. The molecular weight excluding hydrogens is 387 g/mol. The van der Waals surface area contributed by atoms with E-state index < -0.39 is 23.8 Å². The number of methoxy groups -OCH3 is 1. The van der Waals surface area contributed by atoms with Crippen molar-refractivity contribution in [3.05, 3.63) is 53.1 Å². The molecule has 0 bridgehead atoms. The van der Waals surface area contributed by atoms with Gasteiger partial charge in [-0.2, -0.15) is 4.99 Å². The van der Waals surface area contributed by atoms with Gasteiger partial charge in [0, 0.05) is 0 Å². The Kier molecular flexibility index (Phi) is 4.82. The standard InChI is InChI=1S/C19H15FN2O5S/c1-25-16(23)9-22-17-11(20)5-4-8-15(17)28-19(22)21-18(24)14-10-26-12-6-2-3-7-13(12)27-14/h2-8,14H,9-10H2,1H3.